The lowest BCUT2D eigenvalue weighted by Crippen LogP contribution is -2.50. The molecule has 3 rings (SSSR count). The highest BCUT2D eigenvalue weighted by Crippen LogP contribution is 2.23. The van der Waals surface area contributed by atoms with Crippen LogP contribution in [0, 0.1) is 5.92 Å². The second kappa shape index (κ2) is 7.00. The summed E-state index contributed by atoms with van der Waals surface area (Å²) in [6, 6.07) is 7.51. The van der Waals surface area contributed by atoms with Crippen LogP contribution in [0.5, 0.6) is 5.75 Å². The predicted molar refractivity (Wildman–Crippen MR) is 84.1 cm³/mol. The van der Waals surface area contributed by atoms with Crippen LogP contribution in [0.25, 0.3) is 0 Å². The normalized spacial score (nSPS) is 24.4. The lowest BCUT2D eigenvalue weighted by atomic mass is 9.92. The maximum absolute atomic E-state index is 12.5. The number of benzene rings is 1. The van der Waals surface area contributed by atoms with Gasteiger partial charge in [0.25, 0.3) is 0 Å². The van der Waals surface area contributed by atoms with Gasteiger partial charge >= 0.3 is 0 Å². The SMILES string of the molecule is COc1ccc(CC(=O)N2CC[C@H]3C(=O)NCCO[C@H]3C2)cc1. The van der Waals surface area contributed by atoms with Crippen LogP contribution in [0.1, 0.15) is 12.0 Å². The molecule has 0 aromatic heterocycles. The third kappa shape index (κ3) is 3.64. The summed E-state index contributed by atoms with van der Waals surface area (Å²) in [5.41, 5.74) is 0.956. The largest absolute Gasteiger partial charge is 0.497 e. The van der Waals surface area contributed by atoms with Gasteiger partial charge in [-0.25, -0.2) is 0 Å². The Kier molecular flexibility index (Phi) is 4.81. The van der Waals surface area contributed by atoms with Crippen LogP contribution in [-0.2, 0) is 20.7 Å². The quantitative estimate of drug-likeness (QED) is 0.886. The molecule has 2 aliphatic rings. The first kappa shape index (κ1) is 15.8. The fourth-order valence-corrected chi connectivity index (χ4v) is 3.16. The molecule has 0 unspecified atom stereocenters. The maximum Gasteiger partial charge on any atom is 0.227 e. The molecular formula is C17H22N2O4. The molecule has 0 spiro atoms. The molecule has 2 amide bonds. The van der Waals surface area contributed by atoms with Crippen molar-refractivity contribution in [1.82, 2.24) is 10.2 Å². The summed E-state index contributed by atoms with van der Waals surface area (Å²) < 4.78 is 10.9. The van der Waals surface area contributed by atoms with E-state index < -0.39 is 0 Å². The van der Waals surface area contributed by atoms with E-state index in [-0.39, 0.29) is 23.8 Å². The number of carbonyl (C=O) groups excluding carboxylic acids is 2. The minimum atomic E-state index is -0.189. The number of nitrogens with one attached hydrogen (secondary N) is 1. The van der Waals surface area contributed by atoms with Crippen molar-refractivity contribution in [3.05, 3.63) is 29.8 Å². The molecule has 1 aromatic rings. The number of nitrogens with zero attached hydrogens (tertiary/aromatic N) is 1. The zero-order valence-corrected chi connectivity index (χ0v) is 13.3. The van der Waals surface area contributed by atoms with Gasteiger partial charge in [-0.2, -0.15) is 0 Å². The van der Waals surface area contributed by atoms with Gasteiger partial charge in [0, 0.05) is 19.6 Å². The number of carbonyl (C=O) groups is 2. The van der Waals surface area contributed by atoms with Crippen molar-refractivity contribution in [2.45, 2.75) is 18.9 Å². The average molecular weight is 318 g/mol. The molecule has 23 heavy (non-hydrogen) atoms. The van der Waals surface area contributed by atoms with Gasteiger partial charge in [0.1, 0.15) is 5.75 Å². The molecule has 6 nitrogen and oxygen atoms in total. The molecule has 2 saturated heterocycles. The van der Waals surface area contributed by atoms with Gasteiger partial charge in [-0.05, 0) is 24.1 Å². The Morgan fingerprint density at radius 2 is 2.17 bits per heavy atom. The summed E-state index contributed by atoms with van der Waals surface area (Å²) >= 11 is 0. The van der Waals surface area contributed by atoms with E-state index in [0.717, 1.165) is 11.3 Å². The van der Waals surface area contributed by atoms with Gasteiger partial charge in [-0.1, -0.05) is 12.1 Å². The molecule has 2 aliphatic heterocycles. The molecule has 2 fully saturated rings. The van der Waals surface area contributed by atoms with E-state index >= 15 is 0 Å². The molecule has 0 bridgehead atoms. The van der Waals surface area contributed by atoms with Gasteiger partial charge in [-0.3, -0.25) is 9.59 Å². The summed E-state index contributed by atoms with van der Waals surface area (Å²) in [5.74, 6) is 0.763. The van der Waals surface area contributed by atoms with Crippen LogP contribution >= 0.6 is 0 Å². The molecule has 0 aliphatic carbocycles. The standard InChI is InChI=1S/C17H22N2O4/c1-22-13-4-2-12(3-5-13)10-16(20)19-8-6-14-15(11-19)23-9-7-18-17(14)21/h2-5,14-15H,6-11H2,1H3,(H,18,21)/t14-,15+/m1/s1. The summed E-state index contributed by atoms with van der Waals surface area (Å²) in [5, 5.41) is 2.86. The number of hydrogen-bond donors (Lipinski definition) is 1. The number of amides is 2. The molecule has 1 aromatic carbocycles. The number of methoxy groups -OCH3 is 1. The third-order valence-electron chi connectivity index (χ3n) is 4.50. The van der Waals surface area contributed by atoms with E-state index in [0.29, 0.717) is 39.1 Å². The van der Waals surface area contributed by atoms with E-state index in [4.69, 9.17) is 9.47 Å². The van der Waals surface area contributed by atoms with E-state index in [2.05, 4.69) is 5.32 Å². The monoisotopic (exact) mass is 318 g/mol. The number of ether oxygens (including phenoxy) is 2. The molecule has 2 heterocycles. The van der Waals surface area contributed by atoms with Crippen molar-refractivity contribution in [1.29, 1.82) is 0 Å². The third-order valence-corrected chi connectivity index (χ3v) is 4.50. The van der Waals surface area contributed by atoms with Gasteiger partial charge < -0.3 is 19.7 Å². The lowest BCUT2D eigenvalue weighted by Gasteiger charge is -2.36. The van der Waals surface area contributed by atoms with E-state index in [1.54, 1.807) is 7.11 Å². The lowest BCUT2D eigenvalue weighted by molar-refractivity contribution is -0.141. The van der Waals surface area contributed by atoms with Crippen molar-refractivity contribution in [3.8, 4) is 5.75 Å². The molecule has 0 saturated carbocycles. The predicted octanol–water partition coefficient (Wildman–Crippen LogP) is 0.601. The zero-order chi connectivity index (χ0) is 16.2. The van der Waals surface area contributed by atoms with Crippen LogP contribution in [0.15, 0.2) is 24.3 Å². The van der Waals surface area contributed by atoms with Crippen molar-refractivity contribution in [2.75, 3.05) is 33.4 Å². The first-order valence-electron chi connectivity index (χ1n) is 7.97. The van der Waals surface area contributed by atoms with Crippen LogP contribution in [-0.4, -0.2) is 56.2 Å². The first-order chi connectivity index (χ1) is 11.2. The first-order valence-corrected chi connectivity index (χ1v) is 7.97. The van der Waals surface area contributed by atoms with Gasteiger partial charge in [0.15, 0.2) is 0 Å². The van der Waals surface area contributed by atoms with Crippen LogP contribution < -0.4 is 10.1 Å². The summed E-state index contributed by atoms with van der Waals surface area (Å²) in [4.78, 5) is 26.3. The van der Waals surface area contributed by atoms with Crippen LogP contribution in [0.2, 0.25) is 0 Å². The Balaban J connectivity index is 1.60. The maximum atomic E-state index is 12.5. The number of hydrogen-bond acceptors (Lipinski definition) is 4. The van der Waals surface area contributed by atoms with Crippen LogP contribution in [0.4, 0.5) is 0 Å². The fourth-order valence-electron chi connectivity index (χ4n) is 3.16. The highest BCUT2D eigenvalue weighted by Gasteiger charge is 2.37. The molecule has 2 atom stereocenters. The highest BCUT2D eigenvalue weighted by atomic mass is 16.5. The molecule has 1 N–H and O–H groups in total. The van der Waals surface area contributed by atoms with Crippen molar-refractivity contribution >= 4 is 11.8 Å². The Hall–Kier alpha value is -2.08. The number of likely N-dealkylation sites (tertiary alicyclic amines) is 1. The van der Waals surface area contributed by atoms with Crippen molar-refractivity contribution in [3.63, 3.8) is 0 Å². The molecule has 6 heteroatoms. The topological polar surface area (TPSA) is 67.9 Å². The zero-order valence-electron chi connectivity index (χ0n) is 13.3. The Morgan fingerprint density at radius 1 is 1.39 bits per heavy atom. The molecule has 0 radical (unpaired) electrons. The summed E-state index contributed by atoms with van der Waals surface area (Å²) in [6.07, 6.45) is 0.824. The second-order valence-electron chi connectivity index (χ2n) is 5.96. The second-order valence-corrected chi connectivity index (χ2v) is 5.96. The Labute approximate surface area is 135 Å². The molecular weight excluding hydrogens is 296 g/mol. The van der Waals surface area contributed by atoms with Gasteiger partial charge in [0.2, 0.25) is 11.8 Å². The minimum absolute atomic E-state index is 0.0507. The van der Waals surface area contributed by atoms with E-state index in [1.807, 2.05) is 29.2 Å². The van der Waals surface area contributed by atoms with E-state index in [9.17, 15) is 9.59 Å². The summed E-state index contributed by atoms with van der Waals surface area (Å²) in [7, 11) is 1.62. The summed E-state index contributed by atoms with van der Waals surface area (Å²) in [6.45, 7) is 2.15. The van der Waals surface area contributed by atoms with Crippen molar-refractivity contribution < 1.29 is 19.1 Å². The minimum Gasteiger partial charge on any atom is -0.497 e. The van der Waals surface area contributed by atoms with Crippen molar-refractivity contribution in [2.24, 2.45) is 5.92 Å². The van der Waals surface area contributed by atoms with Gasteiger partial charge in [0.05, 0.1) is 32.2 Å². The van der Waals surface area contributed by atoms with Gasteiger partial charge in [-0.15, -0.1) is 0 Å². The smallest absolute Gasteiger partial charge is 0.227 e. The van der Waals surface area contributed by atoms with E-state index in [1.165, 1.54) is 0 Å². The Bertz CT molecular complexity index is 572. The Morgan fingerprint density at radius 3 is 2.91 bits per heavy atom. The average Bonchev–Trinajstić information content (AvgIpc) is 2.77. The molecule has 124 valence electrons. The number of piperidine rings is 1. The van der Waals surface area contributed by atoms with Crippen LogP contribution in [0.3, 0.4) is 0 Å². The fraction of sp³-hybridized carbons (Fsp3) is 0.529. The number of fused-ring (bicyclic) bond motifs is 1. The number of rotatable bonds is 3. The highest BCUT2D eigenvalue weighted by molar-refractivity contribution is 5.81.